The van der Waals surface area contributed by atoms with E-state index in [1.54, 1.807) is 26.2 Å². The highest BCUT2D eigenvalue weighted by Gasteiger charge is 2.07. The first-order valence-corrected chi connectivity index (χ1v) is 6.23. The molecule has 6 heteroatoms. The molecule has 19 heavy (non-hydrogen) atoms. The van der Waals surface area contributed by atoms with Crippen molar-refractivity contribution in [1.82, 2.24) is 15.2 Å². The molecule has 1 rings (SSSR count). The maximum atomic E-state index is 11.6. The van der Waals surface area contributed by atoms with Crippen LogP contribution in [0.5, 0.6) is 0 Å². The van der Waals surface area contributed by atoms with E-state index in [2.05, 4.69) is 15.6 Å². The third-order valence-electron chi connectivity index (χ3n) is 2.45. The lowest BCUT2D eigenvalue weighted by Crippen LogP contribution is -2.25. The molecule has 6 nitrogen and oxygen atoms in total. The van der Waals surface area contributed by atoms with E-state index in [-0.39, 0.29) is 11.8 Å². The molecule has 0 saturated heterocycles. The van der Waals surface area contributed by atoms with Gasteiger partial charge in [-0.25, -0.2) is 4.98 Å². The Morgan fingerprint density at radius 2 is 2.05 bits per heavy atom. The molecule has 2 amide bonds. The fourth-order valence-corrected chi connectivity index (χ4v) is 1.47. The number of pyridine rings is 1. The molecule has 1 aromatic rings. The lowest BCUT2D eigenvalue weighted by Gasteiger charge is -2.10. The summed E-state index contributed by atoms with van der Waals surface area (Å²) in [6.07, 6.45) is 1.92. The van der Waals surface area contributed by atoms with Gasteiger partial charge >= 0.3 is 0 Å². The molecule has 2 N–H and O–H groups in total. The number of carbonyl (C=O) groups is 2. The number of anilines is 1. The summed E-state index contributed by atoms with van der Waals surface area (Å²) < 4.78 is 0. The van der Waals surface area contributed by atoms with Crippen LogP contribution in [0.1, 0.15) is 23.7 Å². The summed E-state index contributed by atoms with van der Waals surface area (Å²) >= 11 is 0. The zero-order valence-corrected chi connectivity index (χ0v) is 11.6. The van der Waals surface area contributed by atoms with E-state index in [9.17, 15) is 9.59 Å². The monoisotopic (exact) mass is 264 g/mol. The minimum Gasteiger partial charge on any atom is -0.370 e. The molecule has 0 aliphatic heterocycles. The Balaban J connectivity index is 2.44. The Bertz CT molecular complexity index is 429. The summed E-state index contributed by atoms with van der Waals surface area (Å²) in [5.41, 5.74) is 0.541. The van der Waals surface area contributed by atoms with Gasteiger partial charge in [-0.1, -0.05) is 0 Å². The molecule has 1 aromatic heterocycles. The van der Waals surface area contributed by atoms with Crippen LogP contribution in [0.25, 0.3) is 0 Å². The van der Waals surface area contributed by atoms with Gasteiger partial charge in [0, 0.05) is 39.8 Å². The van der Waals surface area contributed by atoms with E-state index in [0.29, 0.717) is 30.9 Å². The highest BCUT2D eigenvalue weighted by atomic mass is 16.2. The maximum absolute atomic E-state index is 11.6. The molecule has 0 bridgehead atoms. The van der Waals surface area contributed by atoms with Crippen LogP contribution in [0.15, 0.2) is 18.3 Å². The fourth-order valence-electron chi connectivity index (χ4n) is 1.47. The van der Waals surface area contributed by atoms with Gasteiger partial charge in [0.25, 0.3) is 5.91 Å². The smallest absolute Gasteiger partial charge is 0.254 e. The molecule has 0 aromatic carbocycles. The maximum Gasteiger partial charge on any atom is 0.254 e. The standard InChI is InChI=1S/C13H20N4O2/c1-4-14-12(18)7-8-15-11-6-5-10(9-16-11)13(19)17(2)3/h5-6,9H,4,7-8H2,1-3H3,(H,14,18)(H,15,16). The van der Waals surface area contributed by atoms with Crippen molar-refractivity contribution < 1.29 is 9.59 Å². The van der Waals surface area contributed by atoms with Crippen molar-refractivity contribution in [3.63, 3.8) is 0 Å². The van der Waals surface area contributed by atoms with E-state index in [1.165, 1.54) is 11.1 Å². The summed E-state index contributed by atoms with van der Waals surface area (Å²) in [6.45, 7) is 3.03. The topological polar surface area (TPSA) is 74.3 Å². The van der Waals surface area contributed by atoms with E-state index < -0.39 is 0 Å². The van der Waals surface area contributed by atoms with Crippen molar-refractivity contribution in [1.29, 1.82) is 0 Å². The molecule has 0 fully saturated rings. The van der Waals surface area contributed by atoms with E-state index in [0.717, 1.165) is 0 Å². The number of nitrogens with zero attached hydrogens (tertiary/aromatic N) is 2. The first kappa shape index (κ1) is 14.9. The summed E-state index contributed by atoms with van der Waals surface area (Å²) in [7, 11) is 3.39. The van der Waals surface area contributed by atoms with Gasteiger partial charge in [-0.3, -0.25) is 9.59 Å². The fraction of sp³-hybridized carbons (Fsp3) is 0.462. The van der Waals surface area contributed by atoms with E-state index in [4.69, 9.17) is 0 Å². The molecule has 0 aliphatic rings. The van der Waals surface area contributed by atoms with Crippen molar-refractivity contribution in [3.8, 4) is 0 Å². The Morgan fingerprint density at radius 1 is 1.32 bits per heavy atom. The molecule has 0 spiro atoms. The lowest BCUT2D eigenvalue weighted by atomic mass is 10.2. The summed E-state index contributed by atoms with van der Waals surface area (Å²) in [5, 5.41) is 5.75. The second-order valence-electron chi connectivity index (χ2n) is 4.26. The molecule has 1 heterocycles. The quantitative estimate of drug-likeness (QED) is 0.794. The number of rotatable bonds is 6. The van der Waals surface area contributed by atoms with Crippen LogP contribution < -0.4 is 10.6 Å². The molecule has 0 atom stereocenters. The van der Waals surface area contributed by atoms with Gasteiger partial charge in [0.15, 0.2) is 0 Å². The summed E-state index contributed by atoms with van der Waals surface area (Å²) in [5.74, 6) is 0.579. The summed E-state index contributed by atoms with van der Waals surface area (Å²) in [4.78, 5) is 28.5. The second kappa shape index (κ2) is 7.35. The van der Waals surface area contributed by atoms with Crippen molar-refractivity contribution in [2.75, 3.05) is 32.5 Å². The van der Waals surface area contributed by atoms with Crippen LogP contribution in [0.4, 0.5) is 5.82 Å². The van der Waals surface area contributed by atoms with Crippen LogP contribution >= 0.6 is 0 Å². The van der Waals surface area contributed by atoms with Crippen molar-refractivity contribution in [2.45, 2.75) is 13.3 Å². The van der Waals surface area contributed by atoms with Crippen LogP contribution in [0.2, 0.25) is 0 Å². The van der Waals surface area contributed by atoms with Gasteiger partial charge in [-0.2, -0.15) is 0 Å². The Kier molecular flexibility index (Phi) is 5.78. The molecular weight excluding hydrogens is 244 g/mol. The third-order valence-corrected chi connectivity index (χ3v) is 2.45. The lowest BCUT2D eigenvalue weighted by molar-refractivity contribution is -0.120. The normalized spacial score (nSPS) is 9.84. The first-order chi connectivity index (χ1) is 9.04. The number of amides is 2. The van der Waals surface area contributed by atoms with Gasteiger partial charge < -0.3 is 15.5 Å². The number of hydrogen-bond acceptors (Lipinski definition) is 4. The van der Waals surface area contributed by atoms with Crippen LogP contribution in [0.3, 0.4) is 0 Å². The zero-order valence-electron chi connectivity index (χ0n) is 11.6. The van der Waals surface area contributed by atoms with Crippen molar-refractivity contribution >= 4 is 17.6 Å². The van der Waals surface area contributed by atoms with Gasteiger partial charge in [0.1, 0.15) is 5.82 Å². The summed E-state index contributed by atoms with van der Waals surface area (Å²) in [6, 6.07) is 3.44. The first-order valence-electron chi connectivity index (χ1n) is 6.23. The van der Waals surface area contributed by atoms with Gasteiger partial charge in [0.05, 0.1) is 5.56 Å². The largest absolute Gasteiger partial charge is 0.370 e. The molecular formula is C13H20N4O2. The predicted molar refractivity (Wildman–Crippen MR) is 74.0 cm³/mol. The predicted octanol–water partition coefficient (Wildman–Crippen LogP) is 0.721. The number of nitrogens with one attached hydrogen (secondary N) is 2. The second-order valence-corrected chi connectivity index (χ2v) is 4.26. The Hall–Kier alpha value is -2.11. The van der Waals surface area contributed by atoms with Gasteiger partial charge in [0.2, 0.25) is 5.91 Å². The van der Waals surface area contributed by atoms with Crippen molar-refractivity contribution in [3.05, 3.63) is 23.9 Å². The number of hydrogen-bond donors (Lipinski definition) is 2. The minimum absolute atomic E-state index is 0.00871. The zero-order chi connectivity index (χ0) is 14.3. The van der Waals surface area contributed by atoms with Gasteiger partial charge in [-0.15, -0.1) is 0 Å². The molecule has 0 radical (unpaired) electrons. The third kappa shape index (κ3) is 4.95. The van der Waals surface area contributed by atoms with Gasteiger partial charge in [-0.05, 0) is 19.1 Å². The molecule has 104 valence electrons. The Morgan fingerprint density at radius 3 is 2.58 bits per heavy atom. The van der Waals surface area contributed by atoms with Crippen LogP contribution in [0, 0.1) is 0 Å². The SMILES string of the molecule is CCNC(=O)CCNc1ccc(C(=O)N(C)C)cn1. The average Bonchev–Trinajstić information content (AvgIpc) is 2.39. The Labute approximate surface area is 113 Å². The highest BCUT2D eigenvalue weighted by molar-refractivity contribution is 5.93. The average molecular weight is 264 g/mol. The molecule has 0 saturated carbocycles. The van der Waals surface area contributed by atoms with Crippen molar-refractivity contribution in [2.24, 2.45) is 0 Å². The minimum atomic E-state index is -0.0821. The highest BCUT2D eigenvalue weighted by Crippen LogP contribution is 2.06. The van der Waals surface area contributed by atoms with Crippen LogP contribution in [-0.4, -0.2) is 48.9 Å². The van der Waals surface area contributed by atoms with E-state index in [1.807, 2.05) is 6.92 Å². The van der Waals surface area contributed by atoms with Crippen LogP contribution in [-0.2, 0) is 4.79 Å². The molecule has 0 unspecified atom stereocenters. The number of carbonyl (C=O) groups excluding carboxylic acids is 2. The van der Waals surface area contributed by atoms with E-state index >= 15 is 0 Å². The molecule has 0 aliphatic carbocycles. The number of aromatic nitrogens is 1.